The fourth-order valence-electron chi connectivity index (χ4n) is 2.49. The first-order valence-electron chi connectivity index (χ1n) is 7.82. The number of halogens is 3. The van der Waals surface area contributed by atoms with E-state index in [1.54, 1.807) is 4.68 Å². The molecule has 6 nitrogen and oxygen atoms in total. The third-order valence-corrected chi connectivity index (χ3v) is 4.57. The zero-order chi connectivity index (χ0) is 17.3. The van der Waals surface area contributed by atoms with Crippen LogP contribution in [0.2, 0.25) is 0 Å². The van der Waals surface area contributed by atoms with Crippen LogP contribution in [0.25, 0.3) is 0 Å². The number of aryl methyl sites for hydroxylation is 1. The van der Waals surface area contributed by atoms with Crippen molar-refractivity contribution in [3.63, 3.8) is 0 Å². The van der Waals surface area contributed by atoms with Crippen LogP contribution in [-0.4, -0.2) is 25.5 Å². The highest BCUT2D eigenvalue weighted by atomic mass is 79.9. The Morgan fingerprint density at radius 3 is 2.79 bits per heavy atom. The van der Waals surface area contributed by atoms with E-state index in [9.17, 15) is 13.6 Å². The summed E-state index contributed by atoms with van der Waals surface area (Å²) in [6.07, 6.45) is 1.13. The average Bonchev–Trinajstić information content (AvgIpc) is 3.20. The van der Waals surface area contributed by atoms with E-state index in [1.165, 1.54) is 10.7 Å². The number of alkyl halides is 2. The molecule has 0 bridgehead atoms. The van der Waals surface area contributed by atoms with E-state index in [0.29, 0.717) is 0 Å². The van der Waals surface area contributed by atoms with Gasteiger partial charge in [-0.2, -0.15) is 10.2 Å². The smallest absolute Gasteiger partial charge is 0.282 e. The van der Waals surface area contributed by atoms with Gasteiger partial charge in [0.05, 0.1) is 16.7 Å². The van der Waals surface area contributed by atoms with Crippen LogP contribution in [-0.2, 0) is 24.4 Å². The van der Waals surface area contributed by atoms with E-state index in [4.69, 9.17) is 0 Å². The first-order chi connectivity index (χ1) is 11.5. The number of hydrogen-bond donors (Lipinski definition) is 1. The highest BCUT2D eigenvalue weighted by Crippen LogP contribution is 2.41. The Morgan fingerprint density at radius 1 is 1.46 bits per heavy atom. The molecular formula is C15H18BrF2N5O. The predicted octanol–water partition coefficient (Wildman–Crippen LogP) is 2.99. The van der Waals surface area contributed by atoms with Crippen molar-refractivity contribution in [2.75, 3.05) is 0 Å². The highest BCUT2D eigenvalue weighted by molar-refractivity contribution is 9.10. The molecule has 9 heteroatoms. The molecule has 1 saturated carbocycles. The molecular weight excluding hydrogens is 384 g/mol. The second-order valence-corrected chi connectivity index (χ2v) is 6.64. The lowest BCUT2D eigenvalue weighted by molar-refractivity contribution is -0.122. The predicted molar refractivity (Wildman–Crippen MR) is 86.6 cm³/mol. The van der Waals surface area contributed by atoms with Crippen LogP contribution in [0.15, 0.2) is 16.7 Å². The molecule has 0 radical (unpaired) electrons. The fourth-order valence-corrected chi connectivity index (χ4v) is 2.94. The molecule has 1 fully saturated rings. The third-order valence-electron chi connectivity index (χ3n) is 3.91. The van der Waals surface area contributed by atoms with Crippen LogP contribution in [0.5, 0.6) is 0 Å². The Kier molecular flexibility index (Phi) is 4.98. The van der Waals surface area contributed by atoms with Crippen LogP contribution in [0.3, 0.4) is 0 Å². The molecule has 1 aliphatic carbocycles. The number of hydrogen-bond acceptors (Lipinski definition) is 3. The maximum atomic E-state index is 12.8. The maximum Gasteiger partial charge on any atom is 0.282 e. The molecule has 2 aromatic rings. The monoisotopic (exact) mass is 401 g/mol. The molecule has 0 aromatic carbocycles. The second-order valence-electron chi connectivity index (χ2n) is 5.78. The SMILES string of the molecule is CCn1cc(Br)c(CNC(=O)Cn2nc(C(F)F)cc2C2CC2)n1. The summed E-state index contributed by atoms with van der Waals surface area (Å²) in [4.78, 5) is 12.1. The molecule has 1 amide bonds. The van der Waals surface area contributed by atoms with Gasteiger partial charge in [-0.05, 0) is 41.8 Å². The summed E-state index contributed by atoms with van der Waals surface area (Å²) >= 11 is 3.40. The number of aromatic nitrogens is 4. The molecule has 2 heterocycles. The number of carbonyl (C=O) groups excluding carboxylic acids is 1. The van der Waals surface area contributed by atoms with Gasteiger partial charge in [-0.3, -0.25) is 14.2 Å². The minimum atomic E-state index is -2.62. The van der Waals surface area contributed by atoms with E-state index < -0.39 is 6.43 Å². The lowest BCUT2D eigenvalue weighted by Crippen LogP contribution is -2.28. The molecule has 0 aliphatic heterocycles. The van der Waals surface area contributed by atoms with Gasteiger partial charge in [0.1, 0.15) is 12.2 Å². The first-order valence-corrected chi connectivity index (χ1v) is 8.61. The van der Waals surface area contributed by atoms with Crippen molar-refractivity contribution in [2.24, 2.45) is 0 Å². The van der Waals surface area contributed by atoms with E-state index >= 15 is 0 Å². The summed E-state index contributed by atoms with van der Waals surface area (Å²) in [5, 5.41) is 11.0. The van der Waals surface area contributed by atoms with Crippen molar-refractivity contribution in [2.45, 2.75) is 51.7 Å². The number of amides is 1. The molecule has 0 saturated heterocycles. The summed E-state index contributed by atoms with van der Waals surface area (Å²) in [5.41, 5.74) is 1.17. The van der Waals surface area contributed by atoms with Gasteiger partial charge in [-0.1, -0.05) is 0 Å². The van der Waals surface area contributed by atoms with Crippen molar-refractivity contribution in [3.8, 4) is 0 Å². The number of rotatable bonds is 7. The molecule has 1 N–H and O–H groups in total. The molecule has 130 valence electrons. The molecule has 3 rings (SSSR count). The molecule has 1 aliphatic rings. The molecule has 0 spiro atoms. The number of nitrogens with one attached hydrogen (secondary N) is 1. The van der Waals surface area contributed by atoms with Crippen molar-refractivity contribution < 1.29 is 13.6 Å². The van der Waals surface area contributed by atoms with Crippen molar-refractivity contribution in [1.82, 2.24) is 24.9 Å². The van der Waals surface area contributed by atoms with Crippen LogP contribution in [0, 0.1) is 0 Å². The van der Waals surface area contributed by atoms with E-state index in [2.05, 4.69) is 31.4 Å². The van der Waals surface area contributed by atoms with Gasteiger partial charge in [0.2, 0.25) is 5.91 Å². The van der Waals surface area contributed by atoms with Crippen molar-refractivity contribution >= 4 is 21.8 Å². The standard InChI is InChI=1S/C15H18BrF2N5O/c1-2-22-7-10(16)12(20-22)6-19-14(24)8-23-13(9-3-4-9)5-11(21-23)15(17)18/h5,7,9,15H,2-4,6,8H2,1H3,(H,19,24). The Bertz CT molecular complexity index is 738. The second kappa shape index (κ2) is 7.00. The van der Waals surface area contributed by atoms with E-state index in [-0.39, 0.29) is 30.6 Å². The Balaban J connectivity index is 1.63. The number of carbonyl (C=O) groups is 1. The van der Waals surface area contributed by atoms with Crippen molar-refractivity contribution in [3.05, 3.63) is 33.8 Å². The van der Waals surface area contributed by atoms with E-state index in [0.717, 1.165) is 35.2 Å². The van der Waals surface area contributed by atoms with Gasteiger partial charge in [0.15, 0.2) is 0 Å². The van der Waals surface area contributed by atoms with Gasteiger partial charge < -0.3 is 5.32 Å². The summed E-state index contributed by atoms with van der Waals surface area (Å²) in [6.45, 7) is 2.92. The molecule has 24 heavy (non-hydrogen) atoms. The lowest BCUT2D eigenvalue weighted by atomic mass is 10.2. The normalized spacial score (nSPS) is 14.4. The minimum Gasteiger partial charge on any atom is -0.349 e. The molecule has 0 unspecified atom stereocenters. The largest absolute Gasteiger partial charge is 0.349 e. The van der Waals surface area contributed by atoms with Crippen LogP contribution in [0.1, 0.15) is 49.2 Å². The third kappa shape index (κ3) is 3.82. The summed E-state index contributed by atoms with van der Waals surface area (Å²) < 4.78 is 29.7. The van der Waals surface area contributed by atoms with Gasteiger partial charge in [-0.25, -0.2) is 8.78 Å². The van der Waals surface area contributed by atoms with Gasteiger partial charge in [0, 0.05) is 24.4 Å². The summed E-state index contributed by atoms with van der Waals surface area (Å²) in [6, 6.07) is 1.41. The topological polar surface area (TPSA) is 64.7 Å². The zero-order valence-electron chi connectivity index (χ0n) is 13.2. The highest BCUT2D eigenvalue weighted by Gasteiger charge is 2.30. The van der Waals surface area contributed by atoms with Gasteiger partial charge in [0.25, 0.3) is 6.43 Å². The fraction of sp³-hybridized carbons (Fsp3) is 0.533. The molecule has 0 atom stereocenters. The Labute approximate surface area is 146 Å². The van der Waals surface area contributed by atoms with Crippen LogP contribution < -0.4 is 5.32 Å². The average molecular weight is 402 g/mol. The first kappa shape index (κ1) is 17.1. The van der Waals surface area contributed by atoms with Crippen molar-refractivity contribution in [1.29, 1.82) is 0 Å². The van der Waals surface area contributed by atoms with Crippen LogP contribution >= 0.6 is 15.9 Å². The Morgan fingerprint density at radius 2 is 2.21 bits per heavy atom. The minimum absolute atomic E-state index is 0.0648. The summed E-state index contributed by atoms with van der Waals surface area (Å²) in [7, 11) is 0. The van der Waals surface area contributed by atoms with Gasteiger partial charge in [-0.15, -0.1) is 0 Å². The maximum absolute atomic E-state index is 12.8. The lowest BCUT2D eigenvalue weighted by Gasteiger charge is -2.07. The van der Waals surface area contributed by atoms with Crippen LogP contribution in [0.4, 0.5) is 8.78 Å². The van der Waals surface area contributed by atoms with E-state index in [1.807, 2.05) is 13.1 Å². The zero-order valence-corrected chi connectivity index (χ0v) is 14.8. The quantitative estimate of drug-likeness (QED) is 0.775. The molecule has 2 aromatic heterocycles. The Hall–Kier alpha value is -1.77. The van der Waals surface area contributed by atoms with Gasteiger partial charge >= 0.3 is 0 Å². The number of nitrogens with zero attached hydrogens (tertiary/aromatic N) is 4. The summed E-state index contributed by atoms with van der Waals surface area (Å²) in [5.74, 6) is -0.0361.